The molecule has 0 saturated heterocycles. The Labute approximate surface area is 173 Å². The maximum atomic E-state index is 12.6. The third kappa shape index (κ3) is 5.11. The second kappa shape index (κ2) is 9.71. The first kappa shape index (κ1) is 20.4. The Morgan fingerprint density at radius 1 is 1.11 bits per heavy atom. The molecule has 1 aromatic heterocycles. The molecule has 0 spiro atoms. The van der Waals surface area contributed by atoms with Crippen molar-refractivity contribution in [2.45, 2.75) is 37.1 Å². The minimum absolute atomic E-state index is 0.0112. The van der Waals surface area contributed by atoms with Gasteiger partial charge in [0.05, 0.1) is 10.9 Å². The Morgan fingerprint density at radius 2 is 1.86 bits per heavy atom. The van der Waals surface area contributed by atoms with Crippen molar-refractivity contribution in [2.75, 3.05) is 11.6 Å². The van der Waals surface area contributed by atoms with Gasteiger partial charge in [0.1, 0.15) is 0 Å². The number of rotatable bonds is 8. The summed E-state index contributed by atoms with van der Waals surface area (Å²) in [6.45, 7) is 0.552. The van der Waals surface area contributed by atoms with Crippen molar-refractivity contribution in [3.05, 3.63) is 63.7 Å². The minimum atomic E-state index is -0.0641. The lowest BCUT2D eigenvalue weighted by Crippen LogP contribution is -2.22. The number of carbonyl (C=O) groups is 1. The number of unbranched alkanes of at least 4 members (excludes halogenated alkanes) is 2. The highest BCUT2D eigenvalue weighted by Crippen LogP contribution is 2.17. The van der Waals surface area contributed by atoms with Crippen LogP contribution in [0.25, 0.3) is 10.9 Å². The third-order valence-electron chi connectivity index (χ3n) is 4.55. The fraction of sp³-hybridized carbons (Fsp3) is 0.286. The summed E-state index contributed by atoms with van der Waals surface area (Å²) in [5.41, 5.74) is 1.51. The molecule has 0 saturated carbocycles. The maximum Gasteiger partial charge on any atom is 0.262 e. The van der Waals surface area contributed by atoms with E-state index in [-0.39, 0.29) is 11.5 Å². The van der Waals surface area contributed by atoms with Gasteiger partial charge in [0.2, 0.25) is 5.91 Å². The molecule has 7 heteroatoms. The van der Waals surface area contributed by atoms with Gasteiger partial charge in [0.25, 0.3) is 5.56 Å². The van der Waals surface area contributed by atoms with Gasteiger partial charge in [-0.25, -0.2) is 0 Å². The summed E-state index contributed by atoms with van der Waals surface area (Å²) in [5.74, 6) is 0.0112. The summed E-state index contributed by atoms with van der Waals surface area (Å²) in [5, 5.41) is 3.56. The Bertz CT molecular complexity index is 1070. The zero-order valence-electron chi connectivity index (χ0n) is 15.7. The maximum absolute atomic E-state index is 12.6. The number of nitrogens with zero attached hydrogens (tertiary/aromatic N) is 1. The van der Waals surface area contributed by atoms with E-state index in [2.05, 4.69) is 10.3 Å². The number of fused-ring (bicyclic) bond motifs is 1. The molecule has 2 aromatic carbocycles. The number of anilines is 1. The smallest absolute Gasteiger partial charge is 0.262 e. The van der Waals surface area contributed by atoms with Gasteiger partial charge >= 0.3 is 0 Å². The van der Waals surface area contributed by atoms with Crippen molar-refractivity contribution in [3.63, 3.8) is 0 Å². The number of hydrogen-bond donors (Lipinski definition) is 2. The molecule has 0 radical (unpaired) electrons. The Kier molecular flexibility index (Phi) is 7.06. The van der Waals surface area contributed by atoms with Crippen LogP contribution in [0.15, 0.2) is 58.2 Å². The standard InChI is InChI=1S/C21H23N3O2S2/c1-28-16-12-10-15(11-13-16)22-19(25)9-3-2-6-14-24-20(26)17-7-4-5-8-18(17)23-21(24)27/h4-5,7-8,10-13H,2-3,6,9,14H2,1H3,(H,22,25)(H,23,27). The molecule has 0 atom stereocenters. The van der Waals surface area contributed by atoms with Crippen molar-refractivity contribution in [1.29, 1.82) is 0 Å². The van der Waals surface area contributed by atoms with E-state index >= 15 is 0 Å². The van der Waals surface area contributed by atoms with E-state index in [0.717, 1.165) is 30.5 Å². The number of benzene rings is 2. The van der Waals surface area contributed by atoms with Crippen LogP contribution >= 0.6 is 24.0 Å². The summed E-state index contributed by atoms with van der Waals surface area (Å²) in [6, 6.07) is 15.2. The van der Waals surface area contributed by atoms with Crippen LogP contribution in [0, 0.1) is 4.77 Å². The second-order valence-corrected chi connectivity index (χ2v) is 7.79. The molecule has 0 unspecified atom stereocenters. The van der Waals surface area contributed by atoms with Gasteiger partial charge < -0.3 is 10.3 Å². The molecular formula is C21H23N3O2S2. The minimum Gasteiger partial charge on any atom is -0.332 e. The van der Waals surface area contributed by atoms with Crippen molar-refractivity contribution in [3.8, 4) is 0 Å². The quantitative estimate of drug-likeness (QED) is 0.310. The third-order valence-corrected chi connectivity index (χ3v) is 5.61. The summed E-state index contributed by atoms with van der Waals surface area (Å²) < 4.78 is 2.04. The highest BCUT2D eigenvalue weighted by atomic mass is 32.2. The van der Waals surface area contributed by atoms with E-state index in [9.17, 15) is 9.59 Å². The summed E-state index contributed by atoms with van der Waals surface area (Å²) >= 11 is 6.99. The Morgan fingerprint density at radius 3 is 2.61 bits per heavy atom. The molecular weight excluding hydrogens is 390 g/mol. The molecule has 146 valence electrons. The number of amides is 1. The van der Waals surface area contributed by atoms with Crippen LogP contribution in [-0.4, -0.2) is 21.7 Å². The number of hydrogen-bond acceptors (Lipinski definition) is 4. The first-order valence-corrected chi connectivity index (χ1v) is 10.9. The number of H-pyrrole nitrogens is 1. The van der Waals surface area contributed by atoms with E-state index in [0.29, 0.717) is 23.1 Å². The molecule has 1 heterocycles. The lowest BCUT2D eigenvalue weighted by molar-refractivity contribution is -0.116. The second-order valence-electron chi connectivity index (χ2n) is 6.52. The molecule has 0 fully saturated rings. The highest BCUT2D eigenvalue weighted by molar-refractivity contribution is 7.98. The molecule has 1 amide bonds. The van der Waals surface area contributed by atoms with Crippen LogP contribution in [0.4, 0.5) is 5.69 Å². The van der Waals surface area contributed by atoms with Crippen molar-refractivity contribution in [2.24, 2.45) is 0 Å². The lowest BCUT2D eigenvalue weighted by Gasteiger charge is -2.08. The Hall–Kier alpha value is -2.38. The summed E-state index contributed by atoms with van der Waals surface area (Å²) in [7, 11) is 0. The average molecular weight is 414 g/mol. The van der Waals surface area contributed by atoms with Crippen LogP contribution in [0.3, 0.4) is 0 Å². The van der Waals surface area contributed by atoms with Gasteiger partial charge in [-0.15, -0.1) is 11.8 Å². The molecule has 28 heavy (non-hydrogen) atoms. The fourth-order valence-electron chi connectivity index (χ4n) is 3.03. The summed E-state index contributed by atoms with van der Waals surface area (Å²) in [6.07, 6.45) is 4.90. The number of aromatic amines is 1. The number of nitrogens with one attached hydrogen (secondary N) is 2. The molecule has 0 aliphatic heterocycles. The van der Waals surface area contributed by atoms with Gasteiger partial charge in [-0.1, -0.05) is 18.6 Å². The zero-order chi connectivity index (χ0) is 19.9. The number of carbonyl (C=O) groups excluding carboxylic acids is 1. The molecule has 3 rings (SSSR count). The fourth-order valence-corrected chi connectivity index (χ4v) is 3.72. The van der Waals surface area contributed by atoms with E-state index in [1.807, 2.05) is 48.7 Å². The van der Waals surface area contributed by atoms with Gasteiger partial charge in [-0.3, -0.25) is 14.2 Å². The normalized spacial score (nSPS) is 10.9. The lowest BCUT2D eigenvalue weighted by atomic mass is 10.2. The van der Waals surface area contributed by atoms with Gasteiger partial charge in [0, 0.05) is 23.5 Å². The van der Waals surface area contributed by atoms with Crippen LogP contribution in [0.2, 0.25) is 0 Å². The predicted octanol–water partition coefficient (Wildman–Crippen LogP) is 4.98. The SMILES string of the molecule is CSc1ccc(NC(=O)CCCCCn2c(=S)[nH]c3ccccc3c2=O)cc1. The van der Waals surface area contributed by atoms with Crippen LogP contribution in [-0.2, 0) is 11.3 Å². The van der Waals surface area contributed by atoms with E-state index in [1.54, 1.807) is 22.4 Å². The van der Waals surface area contributed by atoms with Gasteiger partial charge in [-0.05, 0) is 67.7 Å². The first-order chi connectivity index (χ1) is 13.6. The van der Waals surface area contributed by atoms with Crippen molar-refractivity contribution < 1.29 is 4.79 Å². The topological polar surface area (TPSA) is 66.9 Å². The van der Waals surface area contributed by atoms with Crippen LogP contribution in [0.5, 0.6) is 0 Å². The van der Waals surface area contributed by atoms with Crippen molar-refractivity contribution in [1.82, 2.24) is 9.55 Å². The number of aromatic nitrogens is 2. The van der Waals surface area contributed by atoms with E-state index in [4.69, 9.17) is 12.2 Å². The average Bonchev–Trinajstić information content (AvgIpc) is 2.70. The molecule has 3 aromatic rings. The molecule has 0 aliphatic carbocycles. The molecule has 0 bridgehead atoms. The Balaban J connectivity index is 1.47. The first-order valence-electron chi connectivity index (χ1n) is 9.24. The van der Waals surface area contributed by atoms with Crippen molar-refractivity contribution >= 4 is 46.5 Å². The largest absolute Gasteiger partial charge is 0.332 e. The van der Waals surface area contributed by atoms with E-state index in [1.165, 1.54) is 4.90 Å². The highest BCUT2D eigenvalue weighted by Gasteiger charge is 2.06. The van der Waals surface area contributed by atoms with E-state index < -0.39 is 0 Å². The molecule has 2 N–H and O–H groups in total. The number of para-hydroxylation sites is 1. The monoisotopic (exact) mass is 413 g/mol. The zero-order valence-corrected chi connectivity index (χ0v) is 17.4. The van der Waals surface area contributed by atoms with Gasteiger partial charge in [0.15, 0.2) is 4.77 Å². The summed E-state index contributed by atoms with van der Waals surface area (Å²) in [4.78, 5) is 28.9. The number of thioether (sulfide) groups is 1. The predicted molar refractivity (Wildman–Crippen MR) is 119 cm³/mol. The van der Waals surface area contributed by atoms with Gasteiger partial charge in [-0.2, -0.15) is 0 Å². The van der Waals surface area contributed by atoms with Crippen LogP contribution < -0.4 is 10.9 Å². The molecule has 0 aliphatic rings. The molecule has 5 nitrogen and oxygen atoms in total. The van der Waals surface area contributed by atoms with Crippen LogP contribution in [0.1, 0.15) is 25.7 Å².